The third-order valence-electron chi connectivity index (χ3n) is 3.57. The van der Waals surface area contributed by atoms with Gasteiger partial charge in [0.05, 0.1) is 11.1 Å². The highest BCUT2D eigenvalue weighted by Gasteiger charge is 2.12. The first kappa shape index (κ1) is 14.8. The highest BCUT2D eigenvalue weighted by molar-refractivity contribution is 9.10. The molecule has 3 rings (SSSR count). The van der Waals surface area contributed by atoms with E-state index in [0.29, 0.717) is 17.0 Å². The van der Waals surface area contributed by atoms with Gasteiger partial charge in [0.25, 0.3) is 5.56 Å². The Morgan fingerprint density at radius 3 is 2.36 bits per heavy atom. The van der Waals surface area contributed by atoms with Crippen molar-refractivity contribution < 1.29 is 4.42 Å². The number of hydrogen-bond acceptors (Lipinski definition) is 3. The van der Waals surface area contributed by atoms with Gasteiger partial charge >= 0.3 is 5.76 Å². The number of aromatic nitrogens is 1. The normalized spacial score (nSPS) is 11.3. The Balaban J connectivity index is 2.26. The third kappa shape index (κ3) is 2.52. The summed E-state index contributed by atoms with van der Waals surface area (Å²) in [5.41, 5.74) is 1.55. The molecule has 2 aromatic carbocycles. The van der Waals surface area contributed by atoms with E-state index in [1.54, 1.807) is 30.3 Å². The minimum atomic E-state index is -0.683. The Labute approximate surface area is 135 Å². The van der Waals surface area contributed by atoms with Crippen molar-refractivity contribution in [3.05, 3.63) is 73.4 Å². The van der Waals surface area contributed by atoms with Gasteiger partial charge in [-0.2, -0.15) is 0 Å². The Bertz CT molecular complexity index is 952. The van der Waals surface area contributed by atoms with Crippen molar-refractivity contribution in [2.75, 3.05) is 0 Å². The molecule has 112 valence electrons. The van der Waals surface area contributed by atoms with Crippen molar-refractivity contribution in [2.45, 2.75) is 19.8 Å². The smallest absolute Gasteiger partial charge is 0.409 e. The maximum atomic E-state index is 12.6. The van der Waals surface area contributed by atoms with E-state index in [-0.39, 0.29) is 11.1 Å². The Morgan fingerprint density at radius 2 is 1.73 bits per heavy atom. The first-order chi connectivity index (χ1) is 10.5. The van der Waals surface area contributed by atoms with Crippen molar-refractivity contribution in [1.29, 1.82) is 0 Å². The zero-order chi connectivity index (χ0) is 15.9. The number of hydrogen-bond donors (Lipinski definition) is 0. The van der Waals surface area contributed by atoms with Crippen LogP contribution in [0.4, 0.5) is 0 Å². The molecule has 3 aromatic rings. The second-order valence-corrected chi connectivity index (χ2v) is 6.31. The summed E-state index contributed by atoms with van der Waals surface area (Å²) in [6.07, 6.45) is 0. The number of rotatable bonds is 2. The zero-order valence-corrected chi connectivity index (χ0v) is 13.8. The molecule has 0 atom stereocenters. The lowest BCUT2D eigenvalue weighted by Crippen LogP contribution is -2.30. The molecule has 0 radical (unpaired) electrons. The number of halogens is 1. The van der Waals surface area contributed by atoms with Crippen molar-refractivity contribution in [3.63, 3.8) is 0 Å². The van der Waals surface area contributed by atoms with Crippen LogP contribution in [0.2, 0.25) is 0 Å². The van der Waals surface area contributed by atoms with Crippen LogP contribution >= 0.6 is 15.9 Å². The van der Waals surface area contributed by atoms with E-state index in [0.717, 1.165) is 14.6 Å². The fourth-order valence-corrected chi connectivity index (χ4v) is 2.69. The van der Waals surface area contributed by atoms with Crippen LogP contribution in [0.25, 0.3) is 16.7 Å². The van der Waals surface area contributed by atoms with Gasteiger partial charge in [0.1, 0.15) is 5.58 Å². The molecule has 0 saturated heterocycles. The quantitative estimate of drug-likeness (QED) is 0.698. The summed E-state index contributed by atoms with van der Waals surface area (Å²) < 4.78 is 7.06. The van der Waals surface area contributed by atoms with Gasteiger partial charge in [-0.3, -0.25) is 4.79 Å². The van der Waals surface area contributed by atoms with E-state index >= 15 is 0 Å². The van der Waals surface area contributed by atoms with Gasteiger partial charge in [-0.15, -0.1) is 0 Å². The molecule has 1 heterocycles. The molecule has 0 bridgehead atoms. The van der Waals surface area contributed by atoms with Gasteiger partial charge in [0.15, 0.2) is 0 Å². The fourth-order valence-electron chi connectivity index (χ4n) is 2.33. The maximum absolute atomic E-state index is 12.6. The molecular weight excluding hydrogens is 346 g/mol. The zero-order valence-electron chi connectivity index (χ0n) is 12.2. The Hall–Kier alpha value is -2.14. The van der Waals surface area contributed by atoms with E-state index in [1.165, 1.54) is 0 Å². The van der Waals surface area contributed by atoms with Crippen LogP contribution < -0.4 is 11.3 Å². The molecule has 0 fully saturated rings. The lowest BCUT2D eigenvalue weighted by Gasteiger charge is -2.08. The monoisotopic (exact) mass is 359 g/mol. The summed E-state index contributed by atoms with van der Waals surface area (Å²) in [5.74, 6) is -0.299. The summed E-state index contributed by atoms with van der Waals surface area (Å²) in [6, 6.07) is 12.3. The van der Waals surface area contributed by atoms with Gasteiger partial charge in [-0.25, -0.2) is 9.36 Å². The van der Waals surface area contributed by atoms with Crippen molar-refractivity contribution in [3.8, 4) is 5.69 Å². The SMILES string of the molecule is CC(C)c1ccc(-n2c(=O)oc3ccc(Br)cc3c2=O)cc1. The van der Waals surface area contributed by atoms with Gasteiger partial charge in [0, 0.05) is 4.47 Å². The lowest BCUT2D eigenvalue weighted by atomic mass is 10.0. The molecule has 0 N–H and O–H groups in total. The number of benzene rings is 2. The van der Waals surface area contributed by atoms with Crippen LogP contribution in [0.15, 0.2) is 60.9 Å². The second-order valence-electron chi connectivity index (χ2n) is 5.40. The van der Waals surface area contributed by atoms with Gasteiger partial charge in [-0.05, 0) is 41.8 Å². The molecule has 5 heteroatoms. The second kappa shape index (κ2) is 5.57. The van der Waals surface area contributed by atoms with E-state index < -0.39 is 5.76 Å². The molecule has 0 aliphatic carbocycles. The van der Waals surface area contributed by atoms with Crippen LogP contribution in [0.1, 0.15) is 25.3 Å². The summed E-state index contributed by atoms with van der Waals surface area (Å²) in [6.45, 7) is 4.17. The van der Waals surface area contributed by atoms with Crippen molar-refractivity contribution in [1.82, 2.24) is 4.57 Å². The highest BCUT2D eigenvalue weighted by Crippen LogP contribution is 2.18. The van der Waals surface area contributed by atoms with Crippen molar-refractivity contribution in [2.24, 2.45) is 0 Å². The summed E-state index contributed by atoms with van der Waals surface area (Å²) in [4.78, 5) is 24.7. The predicted molar refractivity (Wildman–Crippen MR) is 89.9 cm³/mol. The molecule has 0 amide bonds. The van der Waals surface area contributed by atoms with Crippen LogP contribution in [-0.2, 0) is 0 Å². The van der Waals surface area contributed by atoms with E-state index in [2.05, 4.69) is 29.8 Å². The predicted octanol–water partition coefficient (Wildman–Crippen LogP) is 3.83. The van der Waals surface area contributed by atoms with Gasteiger partial charge in [0.2, 0.25) is 0 Å². The van der Waals surface area contributed by atoms with Crippen LogP contribution in [0.3, 0.4) is 0 Å². The van der Waals surface area contributed by atoms with Crippen LogP contribution in [0.5, 0.6) is 0 Å². The summed E-state index contributed by atoms with van der Waals surface area (Å²) in [5, 5.41) is 0.363. The average Bonchev–Trinajstić information content (AvgIpc) is 2.49. The minimum absolute atomic E-state index is 0.285. The molecular formula is C17H14BrNO3. The first-order valence-electron chi connectivity index (χ1n) is 6.93. The molecule has 1 aromatic heterocycles. The molecule has 0 spiro atoms. The minimum Gasteiger partial charge on any atom is -0.409 e. The molecule has 0 aliphatic heterocycles. The highest BCUT2D eigenvalue weighted by atomic mass is 79.9. The third-order valence-corrected chi connectivity index (χ3v) is 4.07. The molecule has 4 nitrogen and oxygen atoms in total. The molecule has 0 aliphatic rings. The number of fused-ring (bicyclic) bond motifs is 1. The first-order valence-corrected chi connectivity index (χ1v) is 7.72. The van der Waals surface area contributed by atoms with E-state index in [9.17, 15) is 9.59 Å². The molecule has 0 unspecified atom stereocenters. The summed E-state index contributed by atoms with van der Waals surface area (Å²) >= 11 is 3.32. The van der Waals surface area contributed by atoms with E-state index in [1.807, 2.05) is 12.1 Å². The van der Waals surface area contributed by atoms with E-state index in [4.69, 9.17) is 4.42 Å². The average molecular weight is 360 g/mol. The Morgan fingerprint density at radius 1 is 1.05 bits per heavy atom. The van der Waals surface area contributed by atoms with Gasteiger partial charge < -0.3 is 4.42 Å². The topological polar surface area (TPSA) is 52.2 Å². The molecule has 0 saturated carbocycles. The lowest BCUT2D eigenvalue weighted by molar-refractivity contribution is 0.504. The summed E-state index contributed by atoms with van der Waals surface area (Å²) in [7, 11) is 0. The Kier molecular flexibility index (Phi) is 3.74. The fraction of sp³-hybridized carbons (Fsp3) is 0.176. The maximum Gasteiger partial charge on any atom is 0.426 e. The van der Waals surface area contributed by atoms with Crippen LogP contribution in [0, 0.1) is 0 Å². The standard InChI is InChI=1S/C17H14BrNO3/c1-10(2)11-3-6-13(7-4-11)19-16(20)14-9-12(18)5-8-15(14)22-17(19)21/h3-10H,1-2H3. The van der Waals surface area contributed by atoms with Crippen LogP contribution in [-0.4, -0.2) is 4.57 Å². The largest absolute Gasteiger partial charge is 0.426 e. The number of nitrogens with zero attached hydrogens (tertiary/aromatic N) is 1. The van der Waals surface area contributed by atoms with Crippen molar-refractivity contribution >= 4 is 26.9 Å². The molecule has 22 heavy (non-hydrogen) atoms. The van der Waals surface area contributed by atoms with Gasteiger partial charge in [-0.1, -0.05) is 41.9 Å².